The van der Waals surface area contributed by atoms with Gasteiger partial charge in [-0.2, -0.15) is 0 Å². The molecule has 0 spiro atoms. The van der Waals surface area contributed by atoms with Gasteiger partial charge in [-0.25, -0.2) is 17.2 Å². The molecule has 0 radical (unpaired) electrons. The van der Waals surface area contributed by atoms with Crippen LogP contribution in [0.3, 0.4) is 0 Å². The molecule has 0 amide bonds. The van der Waals surface area contributed by atoms with Gasteiger partial charge in [-0.3, -0.25) is 0 Å². The van der Waals surface area contributed by atoms with Crippen LogP contribution in [0.5, 0.6) is 0 Å². The van der Waals surface area contributed by atoms with Gasteiger partial charge in [0, 0.05) is 12.7 Å². The lowest BCUT2D eigenvalue weighted by Gasteiger charge is -1.97. The summed E-state index contributed by atoms with van der Waals surface area (Å²) < 4.78 is 45.5. The average molecular weight is 222 g/mol. The van der Waals surface area contributed by atoms with Crippen molar-refractivity contribution in [2.45, 2.75) is 12.8 Å². The second-order valence-electron chi connectivity index (χ2n) is 2.61. The van der Waals surface area contributed by atoms with Crippen LogP contribution >= 0.6 is 0 Å². The van der Waals surface area contributed by atoms with Crippen LogP contribution in [-0.2, 0) is 9.84 Å². The Balaban J connectivity index is 4.65. The number of hydrogen-bond acceptors (Lipinski definition) is 2. The van der Waals surface area contributed by atoms with Gasteiger partial charge in [-0.15, -0.1) is 0 Å². The number of alkyl halides is 2. The molecular formula is C9H12F2O2S. The van der Waals surface area contributed by atoms with Gasteiger partial charge in [0.05, 0.1) is 4.91 Å². The summed E-state index contributed by atoms with van der Waals surface area (Å²) in [4.78, 5) is -0.0202. The maximum atomic E-state index is 11.7. The number of hydrogen-bond donors (Lipinski definition) is 0. The standard InChI is InChI=1S/C9H12F2O2S/c1-3-5-8(14(2,12)13)6-4-7-9(10)11/h3-6,9H,1,7H2,2H3/b6-4-,8-5+. The first kappa shape index (κ1) is 13.0. The lowest BCUT2D eigenvalue weighted by molar-refractivity contribution is 0.152. The minimum absolute atomic E-state index is 0.0202. The topological polar surface area (TPSA) is 34.1 Å². The van der Waals surface area contributed by atoms with Gasteiger partial charge >= 0.3 is 0 Å². The van der Waals surface area contributed by atoms with E-state index in [0.29, 0.717) is 0 Å². The monoisotopic (exact) mass is 222 g/mol. The Morgan fingerprint density at radius 2 is 2.07 bits per heavy atom. The molecule has 0 heterocycles. The van der Waals surface area contributed by atoms with Gasteiger partial charge < -0.3 is 0 Å². The molecule has 0 unspecified atom stereocenters. The number of rotatable bonds is 5. The van der Waals surface area contributed by atoms with Crippen molar-refractivity contribution in [2.24, 2.45) is 0 Å². The zero-order chi connectivity index (χ0) is 11.2. The quantitative estimate of drug-likeness (QED) is 0.669. The molecule has 0 aliphatic carbocycles. The van der Waals surface area contributed by atoms with E-state index >= 15 is 0 Å². The second-order valence-corrected chi connectivity index (χ2v) is 4.62. The molecular weight excluding hydrogens is 210 g/mol. The zero-order valence-corrected chi connectivity index (χ0v) is 8.60. The Morgan fingerprint density at radius 1 is 1.50 bits per heavy atom. The molecule has 0 N–H and O–H groups in total. The first-order valence-electron chi connectivity index (χ1n) is 3.85. The molecule has 0 aliphatic heterocycles. The van der Waals surface area contributed by atoms with Crippen LogP contribution in [-0.4, -0.2) is 21.1 Å². The molecule has 0 saturated heterocycles. The third-order valence-corrected chi connectivity index (χ3v) is 2.44. The van der Waals surface area contributed by atoms with Crippen LogP contribution in [0.2, 0.25) is 0 Å². The van der Waals surface area contributed by atoms with E-state index in [2.05, 4.69) is 6.58 Å². The summed E-state index contributed by atoms with van der Waals surface area (Å²) in [7, 11) is -3.37. The number of allylic oxidation sites excluding steroid dienone is 4. The van der Waals surface area contributed by atoms with Gasteiger partial charge in [-0.05, 0) is 12.2 Å². The predicted octanol–water partition coefficient (Wildman–Crippen LogP) is 2.31. The summed E-state index contributed by atoms with van der Waals surface area (Å²) in [5.41, 5.74) is 0. The normalized spacial score (nSPS) is 13.9. The van der Waals surface area contributed by atoms with E-state index < -0.39 is 22.7 Å². The molecule has 0 aromatic heterocycles. The Kier molecular flexibility index (Phi) is 5.30. The largest absolute Gasteiger partial charge is 0.242 e. The van der Waals surface area contributed by atoms with E-state index in [1.165, 1.54) is 12.2 Å². The van der Waals surface area contributed by atoms with Crippen LogP contribution < -0.4 is 0 Å². The van der Waals surface area contributed by atoms with Gasteiger partial charge in [0.25, 0.3) is 0 Å². The molecule has 0 fully saturated rings. The molecule has 0 rings (SSSR count). The van der Waals surface area contributed by atoms with E-state index in [1.807, 2.05) is 0 Å². The maximum Gasteiger partial charge on any atom is 0.242 e. The fourth-order valence-electron chi connectivity index (χ4n) is 0.706. The van der Waals surface area contributed by atoms with Gasteiger partial charge in [0.1, 0.15) is 0 Å². The van der Waals surface area contributed by atoms with Crippen molar-refractivity contribution in [3.8, 4) is 0 Å². The smallest absolute Gasteiger partial charge is 0.224 e. The Bertz CT molecular complexity index is 340. The van der Waals surface area contributed by atoms with Crippen molar-refractivity contribution in [3.63, 3.8) is 0 Å². The van der Waals surface area contributed by atoms with Crippen molar-refractivity contribution >= 4 is 9.84 Å². The van der Waals surface area contributed by atoms with Crippen molar-refractivity contribution < 1.29 is 17.2 Å². The Labute approximate surface area is 82.5 Å². The lowest BCUT2D eigenvalue weighted by Crippen LogP contribution is -1.98. The van der Waals surface area contributed by atoms with E-state index in [9.17, 15) is 17.2 Å². The predicted molar refractivity (Wildman–Crippen MR) is 52.9 cm³/mol. The van der Waals surface area contributed by atoms with E-state index in [1.54, 1.807) is 0 Å². The van der Waals surface area contributed by atoms with E-state index in [0.717, 1.165) is 18.4 Å². The fourth-order valence-corrected chi connectivity index (χ4v) is 1.39. The fraction of sp³-hybridized carbons (Fsp3) is 0.333. The third kappa shape index (κ3) is 5.64. The summed E-state index contributed by atoms with van der Waals surface area (Å²) in [5, 5.41) is 0. The Hall–Kier alpha value is -0.970. The first-order chi connectivity index (χ1) is 6.38. The highest BCUT2D eigenvalue weighted by Gasteiger charge is 2.06. The summed E-state index contributed by atoms with van der Waals surface area (Å²) in [6.07, 6.45) is 2.93. The summed E-state index contributed by atoms with van der Waals surface area (Å²) in [6.45, 7) is 3.33. The van der Waals surface area contributed by atoms with Crippen LogP contribution in [0.15, 0.2) is 35.8 Å². The van der Waals surface area contributed by atoms with Crippen molar-refractivity contribution in [1.29, 1.82) is 0 Å². The number of sulfone groups is 1. The third-order valence-electron chi connectivity index (χ3n) is 1.31. The van der Waals surface area contributed by atoms with Crippen molar-refractivity contribution in [1.82, 2.24) is 0 Å². The minimum atomic E-state index is -3.37. The van der Waals surface area contributed by atoms with Gasteiger partial charge in [0.2, 0.25) is 6.43 Å². The van der Waals surface area contributed by atoms with Gasteiger partial charge in [-0.1, -0.05) is 18.7 Å². The molecule has 0 atom stereocenters. The molecule has 5 heteroatoms. The highest BCUT2D eigenvalue weighted by molar-refractivity contribution is 7.94. The summed E-state index contributed by atoms with van der Waals surface area (Å²) in [6, 6.07) is 0. The van der Waals surface area contributed by atoms with Crippen LogP contribution in [0, 0.1) is 0 Å². The second kappa shape index (κ2) is 5.70. The molecule has 0 saturated carbocycles. The van der Waals surface area contributed by atoms with E-state index in [4.69, 9.17) is 0 Å². The van der Waals surface area contributed by atoms with Crippen LogP contribution in [0.1, 0.15) is 6.42 Å². The summed E-state index contributed by atoms with van der Waals surface area (Å²) >= 11 is 0. The maximum absolute atomic E-state index is 11.7. The number of halogens is 2. The molecule has 80 valence electrons. The minimum Gasteiger partial charge on any atom is -0.224 e. The SMILES string of the molecule is C=C/C=C(\C=C/CC(F)F)S(C)(=O)=O. The highest BCUT2D eigenvalue weighted by Crippen LogP contribution is 2.08. The zero-order valence-electron chi connectivity index (χ0n) is 7.78. The van der Waals surface area contributed by atoms with Crippen molar-refractivity contribution in [2.75, 3.05) is 6.26 Å². The molecule has 0 aromatic carbocycles. The van der Waals surface area contributed by atoms with Crippen LogP contribution in [0.25, 0.3) is 0 Å². The highest BCUT2D eigenvalue weighted by atomic mass is 32.2. The molecule has 2 nitrogen and oxygen atoms in total. The summed E-state index contributed by atoms with van der Waals surface area (Å²) in [5.74, 6) is 0. The first-order valence-corrected chi connectivity index (χ1v) is 5.74. The Morgan fingerprint density at radius 3 is 2.43 bits per heavy atom. The van der Waals surface area contributed by atoms with Gasteiger partial charge in [0.15, 0.2) is 9.84 Å². The average Bonchev–Trinajstić information content (AvgIpc) is 2.00. The van der Waals surface area contributed by atoms with Crippen molar-refractivity contribution in [3.05, 3.63) is 35.8 Å². The van der Waals surface area contributed by atoms with E-state index in [-0.39, 0.29) is 4.91 Å². The molecule has 0 aromatic rings. The molecule has 14 heavy (non-hydrogen) atoms. The van der Waals surface area contributed by atoms with Crippen LogP contribution in [0.4, 0.5) is 8.78 Å². The molecule has 0 bridgehead atoms. The molecule has 0 aliphatic rings. The lowest BCUT2D eigenvalue weighted by atomic mass is 10.3.